The van der Waals surface area contributed by atoms with Crippen molar-refractivity contribution in [3.05, 3.63) is 18.7 Å². The van der Waals surface area contributed by atoms with Crippen molar-refractivity contribution in [3.63, 3.8) is 0 Å². The minimum Gasteiger partial charge on any atom is -0.480 e. The van der Waals surface area contributed by atoms with Crippen LogP contribution in [0.1, 0.15) is 12.8 Å². The van der Waals surface area contributed by atoms with Gasteiger partial charge in [0.05, 0.1) is 0 Å². The van der Waals surface area contributed by atoms with Crippen LogP contribution in [-0.2, 0) is 4.79 Å². The van der Waals surface area contributed by atoms with Gasteiger partial charge in [0.25, 0.3) is 0 Å². The number of anilines is 1. The summed E-state index contributed by atoms with van der Waals surface area (Å²) in [6, 6.07) is -0.509. The molecular formula is C10H11N5O2. The lowest BCUT2D eigenvalue weighted by Crippen LogP contribution is -2.36. The highest BCUT2D eigenvalue weighted by Gasteiger charge is 2.32. The third kappa shape index (κ3) is 1.50. The predicted octanol–water partition coefficient (Wildman–Crippen LogP) is 0.178. The first kappa shape index (κ1) is 10.0. The molecule has 88 valence electrons. The number of hydrogen-bond acceptors (Lipinski definition) is 5. The van der Waals surface area contributed by atoms with Crippen molar-refractivity contribution in [1.82, 2.24) is 19.6 Å². The number of aliphatic carboxylic acids is 1. The third-order valence-electron chi connectivity index (χ3n) is 3.01. The molecule has 1 N–H and O–H groups in total. The highest BCUT2D eigenvalue weighted by molar-refractivity contribution is 5.80. The zero-order valence-corrected chi connectivity index (χ0v) is 9.02. The summed E-state index contributed by atoms with van der Waals surface area (Å²) in [5.74, 6) is -0.222. The van der Waals surface area contributed by atoms with Crippen LogP contribution in [0.2, 0.25) is 0 Å². The Hall–Kier alpha value is -2.18. The molecule has 17 heavy (non-hydrogen) atoms. The monoisotopic (exact) mass is 233 g/mol. The lowest BCUT2D eigenvalue weighted by atomic mass is 10.2. The summed E-state index contributed by atoms with van der Waals surface area (Å²) in [4.78, 5) is 17.2. The first-order valence-corrected chi connectivity index (χ1v) is 5.41. The van der Waals surface area contributed by atoms with Crippen LogP contribution in [0.15, 0.2) is 18.7 Å². The Bertz CT molecular complexity index is 567. The number of aromatic nitrogens is 4. The Labute approximate surface area is 96.7 Å². The average Bonchev–Trinajstić information content (AvgIpc) is 2.97. The molecule has 7 nitrogen and oxygen atoms in total. The standard InChI is InChI=1S/C10H11N5O2/c16-10(17)7-2-1-4-15(7)8-9-13-12-6-14(9)5-3-11-8/h3,5-7H,1-2,4H2,(H,16,17). The van der Waals surface area contributed by atoms with E-state index in [1.165, 1.54) is 0 Å². The van der Waals surface area contributed by atoms with Gasteiger partial charge in [-0.2, -0.15) is 0 Å². The second-order valence-corrected chi connectivity index (χ2v) is 4.00. The molecule has 0 amide bonds. The molecule has 0 bridgehead atoms. The van der Waals surface area contributed by atoms with Crippen LogP contribution < -0.4 is 4.90 Å². The molecule has 1 saturated heterocycles. The second-order valence-electron chi connectivity index (χ2n) is 4.00. The molecule has 0 spiro atoms. The Morgan fingerprint density at radius 3 is 3.24 bits per heavy atom. The topological polar surface area (TPSA) is 83.6 Å². The van der Waals surface area contributed by atoms with Crippen LogP contribution in [0.3, 0.4) is 0 Å². The zero-order chi connectivity index (χ0) is 11.8. The number of carboxylic acid groups (broad SMARTS) is 1. The summed E-state index contributed by atoms with van der Waals surface area (Å²) in [6.45, 7) is 0.691. The molecule has 7 heteroatoms. The SMILES string of the molecule is O=C(O)C1CCCN1c1nccn2cnnc12. The van der Waals surface area contributed by atoms with Gasteiger partial charge in [-0.25, -0.2) is 9.78 Å². The van der Waals surface area contributed by atoms with Crippen LogP contribution >= 0.6 is 0 Å². The lowest BCUT2D eigenvalue weighted by Gasteiger charge is -2.22. The summed E-state index contributed by atoms with van der Waals surface area (Å²) < 4.78 is 1.74. The minimum absolute atomic E-state index is 0.509. The molecule has 0 aromatic carbocycles. The third-order valence-corrected chi connectivity index (χ3v) is 3.01. The maximum Gasteiger partial charge on any atom is 0.326 e. The number of rotatable bonds is 2. The van der Waals surface area contributed by atoms with Gasteiger partial charge in [-0.15, -0.1) is 10.2 Å². The Balaban J connectivity index is 2.08. The molecule has 3 rings (SSSR count). The van der Waals surface area contributed by atoms with E-state index >= 15 is 0 Å². The maximum atomic E-state index is 11.1. The normalized spacial score (nSPS) is 20.0. The molecule has 1 atom stereocenters. The molecule has 1 aliphatic rings. The van der Waals surface area contributed by atoms with E-state index in [1.54, 1.807) is 28.0 Å². The van der Waals surface area contributed by atoms with Crippen LogP contribution in [-0.4, -0.2) is 43.2 Å². The van der Waals surface area contributed by atoms with E-state index in [9.17, 15) is 4.79 Å². The van der Waals surface area contributed by atoms with Crippen molar-refractivity contribution in [2.75, 3.05) is 11.4 Å². The summed E-state index contributed by atoms with van der Waals surface area (Å²) in [7, 11) is 0. The quantitative estimate of drug-likeness (QED) is 0.796. The van der Waals surface area contributed by atoms with Gasteiger partial charge in [-0.05, 0) is 12.8 Å². The smallest absolute Gasteiger partial charge is 0.326 e. The van der Waals surface area contributed by atoms with E-state index in [0.717, 1.165) is 6.42 Å². The molecular weight excluding hydrogens is 222 g/mol. The van der Waals surface area contributed by atoms with Crippen molar-refractivity contribution in [3.8, 4) is 0 Å². The molecule has 1 fully saturated rings. The second kappa shape index (κ2) is 3.69. The summed E-state index contributed by atoms with van der Waals surface area (Å²) in [5, 5.41) is 16.9. The van der Waals surface area contributed by atoms with Crippen molar-refractivity contribution in [2.24, 2.45) is 0 Å². The van der Waals surface area contributed by atoms with E-state index in [1.807, 2.05) is 0 Å². The van der Waals surface area contributed by atoms with Crippen molar-refractivity contribution in [1.29, 1.82) is 0 Å². The van der Waals surface area contributed by atoms with E-state index < -0.39 is 12.0 Å². The molecule has 2 aromatic rings. The fourth-order valence-corrected chi connectivity index (χ4v) is 2.22. The van der Waals surface area contributed by atoms with E-state index in [4.69, 9.17) is 5.11 Å². The molecule has 1 aliphatic heterocycles. The Kier molecular flexibility index (Phi) is 2.17. The Morgan fingerprint density at radius 1 is 1.53 bits per heavy atom. The van der Waals surface area contributed by atoms with Crippen LogP contribution in [0, 0.1) is 0 Å². The van der Waals surface area contributed by atoms with Crippen LogP contribution in [0.4, 0.5) is 5.82 Å². The highest BCUT2D eigenvalue weighted by Crippen LogP contribution is 2.26. The number of carbonyl (C=O) groups is 1. The Morgan fingerprint density at radius 2 is 2.41 bits per heavy atom. The first-order chi connectivity index (χ1) is 8.27. The van der Waals surface area contributed by atoms with Crippen LogP contribution in [0.25, 0.3) is 5.65 Å². The number of fused-ring (bicyclic) bond motifs is 1. The number of carboxylic acids is 1. The minimum atomic E-state index is -0.814. The van der Waals surface area contributed by atoms with Gasteiger partial charge in [-0.1, -0.05) is 0 Å². The largest absolute Gasteiger partial charge is 0.480 e. The highest BCUT2D eigenvalue weighted by atomic mass is 16.4. The van der Waals surface area contributed by atoms with Crippen molar-refractivity contribution >= 4 is 17.4 Å². The summed E-state index contributed by atoms with van der Waals surface area (Å²) >= 11 is 0. The van der Waals surface area contributed by atoms with Crippen molar-refractivity contribution in [2.45, 2.75) is 18.9 Å². The fraction of sp³-hybridized carbons (Fsp3) is 0.400. The van der Waals surface area contributed by atoms with E-state index in [2.05, 4.69) is 15.2 Å². The average molecular weight is 233 g/mol. The fourth-order valence-electron chi connectivity index (χ4n) is 2.22. The van der Waals surface area contributed by atoms with Crippen molar-refractivity contribution < 1.29 is 9.90 Å². The summed E-state index contributed by atoms with van der Waals surface area (Å²) in [6.07, 6.45) is 6.44. The number of hydrogen-bond donors (Lipinski definition) is 1. The van der Waals surface area contributed by atoms with Crippen LogP contribution in [0.5, 0.6) is 0 Å². The molecule has 2 aromatic heterocycles. The van der Waals surface area contributed by atoms with Gasteiger partial charge in [0, 0.05) is 18.9 Å². The van der Waals surface area contributed by atoms with E-state index in [0.29, 0.717) is 24.4 Å². The lowest BCUT2D eigenvalue weighted by molar-refractivity contribution is -0.138. The zero-order valence-electron chi connectivity index (χ0n) is 9.02. The van der Waals surface area contributed by atoms with Gasteiger partial charge < -0.3 is 10.0 Å². The van der Waals surface area contributed by atoms with Gasteiger partial charge in [0.2, 0.25) is 5.65 Å². The molecule has 0 radical (unpaired) electrons. The summed E-state index contributed by atoms with van der Waals surface area (Å²) in [5.41, 5.74) is 0.598. The van der Waals surface area contributed by atoms with Gasteiger partial charge >= 0.3 is 5.97 Å². The molecule has 3 heterocycles. The molecule has 0 aliphatic carbocycles. The molecule has 0 saturated carbocycles. The van der Waals surface area contributed by atoms with Gasteiger partial charge in [0.1, 0.15) is 12.4 Å². The maximum absolute atomic E-state index is 11.1. The van der Waals surface area contributed by atoms with Gasteiger partial charge in [0.15, 0.2) is 5.82 Å². The molecule has 1 unspecified atom stereocenters. The van der Waals surface area contributed by atoms with Gasteiger partial charge in [-0.3, -0.25) is 4.40 Å². The predicted molar refractivity (Wildman–Crippen MR) is 58.8 cm³/mol. The number of nitrogens with zero attached hydrogens (tertiary/aromatic N) is 5. The first-order valence-electron chi connectivity index (χ1n) is 5.41. The van der Waals surface area contributed by atoms with E-state index in [-0.39, 0.29) is 0 Å².